The maximum Gasteiger partial charge on any atom is 0.338 e. The molecule has 132 valence electrons. The maximum absolute atomic E-state index is 12.1. The Balaban J connectivity index is 1.68. The number of aryl methyl sites for hydroxylation is 1. The van der Waals surface area contributed by atoms with Crippen LogP contribution in [0.4, 0.5) is 5.69 Å². The van der Waals surface area contributed by atoms with Gasteiger partial charge in [-0.25, -0.2) is 4.79 Å². The molecule has 3 aromatic rings. The molecule has 0 spiro atoms. The lowest BCUT2D eigenvalue weighted by atomic mass is 10.2. The molecule has 1 heterocycles. The number of carbonyl (C=O) groups is 2. The van der Waals surface area contributed by atoms with Crippen molar-refractivity contribution < 1.29 is 18.7 Å². The fourth-order valence-electron chi connectivity index (χ4n) is 2.55. The summed E-state index contributed by atoms with van der Waals surface area (Å²) >= 11 is 0. The first-order chi connectivity index (χ1) is 12.5. The first-order valence-electron chi connectivity index (χ1n) is 8.31. The van der Waals surface area contributed by atoms with Crippen LogP contribution in [0.3, 0.4) is 0 Å². The van der Waals surface area contributed by atoms with Crippen LogP contribution in [0.2, 0.25) is 0 Å². The zero-order chi connectivity index (χ0) is 18.5. The molecule has 1 N–H and O–H groups in total. The highest BCUT2D eigenvalue weighted by Crippen LogP contribution is 2.21. The Morgan fingerprint density at radius 2 is 2.00 bits per heavy atom. The standard InChI is InChI=1S/C21H19NO4/c1-3-25-21(24)15-5-4-6-17(12-15)22-20(23)10-8-18-13-16-11-14(2)7-9-19(16)26-18/h4-13H,3H2,1-2H3,(H,22,23). The van der Waals surface area contributed by atoms with Gasteiger partial charge in [0.05, 0.1) is 12.2 Å². The second-order valence-corrected chi connectivity index (χ2v) is 5.81. The summed E-state index contributed by atoms with van der Waals surface area (Å²) in [6, 6.07) is 14.4. The molecular weight excluding hydrogens is 330 g/mol. The lowest BCUT2D eigenvalue weighted by Gasteiger charge is -2.05. The Morgan fingerprint density at radius 1 is 1.15 bits per heavy atom. The topological polar surface area (TPSA) is 68.5 Å². The van der Waals surface area contributed by atoms with Gasteiger partial charge >= 0.3 is 5.97 Å². The average molecular weight is 349 g/mol. The van der Waals surface area contributed by atoms with Crippen LogP contribution in [0.1, 0.15) is 28.6 Å². The summed E-state index contributed by atoms with van der Waals surface area (Å²) in [6.07, 6.45) is 3.00. The van der Waals surface area contributed by atoms with E-state index in [9.17, 15) is 9.59 Å². The predicted molar refractivity (Wildman–Crippen MR) is 101 cm³/mol. The molecule has 0 aliphatic carbocycles. The number of anilines is 1. The Morgan fingerprint density at radius 3 is 2.81 bits per heavy atom. The van der Waals surface area contributed by atoms with E-state index in [1.807, 2.05) is 31.2 Å². The molecule has 0 aliphatic rings. The summed E-state index contributed by atoms with van der Waals surface area (Å²) < 4.78 is 10.6. The van der Waals surface area contributed by atoms with E-state index in [4.69, 9.17) is 9.15 Å². The molecule has 1 aromatic heterocycles. The summed E-state index contributed by atoms with van der Waals surface area (Å²) in [4.78, 5) is 23.8. The van der Waals surface area contributed by atoms with Gasteiger partial charge in [0.1, 0.15) is 11.3 Å². The number of amides is 1. The summed E-state index contributed by atoms with van der Waals surface area (Å²) in [5.41, 5.74) is 2.83. The third kappa shape index (κ3) is 4.19. The number of hydrogen-bond acceptors (Lipinski definition) is 4. The number of ether oxygens (including phenoxy) is 1. The van der Waals surface area contributed by atoms with Gasteiger partial charge in [0.15, 0.2) is 0 Å². The molecule has 0 fully saturated rings. The molecule has 0 bridgehead atoms. The van der Waals surface area contributed by atoms with Gasteiger partial charge in [0.25, 0.3) is 0 Å². The highest BCUT2D eigenvalue weighted by molar-refractivity contribution is 6.02. The molecule has 3 rings (SSSR count). The van der Waals surface area contributed by atoms with Gasteiger partial charge in [-0.1, -0.05) is 17.7 Å². The zero-order valence-corrected chi connectivity index (χ0v) is 14.6. The van der Waals surface area contributed by atoms with Gasteiger partial charge in [0.2, 0.25) is 5.91 Å². The van der Waals surface area contributed by atoms with E-state index < -0.39 is 5.97 Å². The van der Waals surface area contributed by atoms with Crippen LogP contribution in [-0.2, 0) is 9.53 Å². The zero-order valence-electron chi connectivity index (χ0n) is 14.6. The van der Waals surface area contributed by atoms with Gasteiger partial charge < -0.3 is 14.5 Å². The number of nitrogens with one attached hydrogen (secondary N) is 1. The molecule has 0 radical (unpaired) electrons. The summed E-state index contributed by atoms with van der Waals surface area (Å²) in [7, 11) is 0. The fourth-order valence-corrected chi connectivity index (χ4v) is 2.55. The van der Waals surface area contributed by atoms with E-state index in [2.05, 4.69) is 5.32 Å². The highest BCUT2D eigenvalue weighted by Gasteiger charge is 2.08. The lowest BCUT2D eigenvalue weighted by molar-refractivity contribution is -0.111. The SMILES string of the molecule is CCOC(=O)c1cccc(NC(=O)C=Cc2cc3cc(C)ccc3o2)c1. The van der Waals surface area contributed by atoms with E-state index in [1.54, 1.807) is 37.3 Å². The maximum atomic E-state index is 12.1. The number of hydrogen-bond donors (Lipinski definition) is 1. The van der Waals surface area contributed by atoms with Gasteiger partial charge in [-0.3, -0.25) is 4.79 Å². The lowest BCUT2D eigenvalue weighted by Crippen LogP contribution is -2.09. The van der Waals surface area contributed by atoms with Crippen LogP contribution >= 0.6 is 0 Å². The molecular formula is C21H19NO4. The number of furan rings is 1. The molecule has 0 atom stereocenters. The third-order valence-corrected chi connectivity index (χ3v) is 3.73. The van der Waals surface area contributed by atoms with Crippen molar-refractivity contribution in [3.63, 3.8) is 0 Å². The molecule has 0 saturated heterocycles. The first-order valence-corrected chi connectivity index (χ1v) is 8.31. The number of rotatable bonds is 5. The van der Waals surface area contributed by atoms with Crippen molar-refractivity contribution in [3.05, 3.63) is 71.5 Å². The molecule has 1 amide bonds. The summed E-state index contributed by atoms with van der Waals surface area (Å²) in [6.45, 7) is 4.06. The molecule has 5 heteroatoms. The predicted octanol–water partition coefficient (Wildman–Crippen LogP) is 4.57. The Bertz CT molecular complexity index is 985. The smallest absolute Gasteiger partial charge is 0.338 e. The molecule has 2 aromatic carbocycles. The summed E-state index contributed by atoms with van der Waals surface area (Å²) in [5.74, 6) is -0.139. The Labute approximate surface area is 151 Å². The fraction of sp³-hybridized carbons (Fsp3) is 0.143. The number of fused-ring (bicyclic) bond motifs is 1. The van der Waals surface area contributed by atoms with E-state index in [1.165, 1.54) is 6.08 Å². The van der Waals surface area contributed by atoms with E-state index >= 15 is 0 Å². The van der Waals surface area contributed by atoms with Crippen molar-refractivity contribution in [3.8, 4) is 0 Å². The second kappa shape index (κ2) is 7.70. The van der Waals surface area contributed by atoms with Crippen LogP contribution < -0.4 is 5.32 Å². The van der Waals surface area contributed by atoms with Crippen molar-refractivity contribution in [1.29, 1.82) is 0 Å². The first kappa shape index (κ1) is 17.5. The van der Waals surface area contributed by atoms with Crippen LogP contribution in [0, 0.1) is 6.92 Å². The molecule has 26 heavy (non-hydrogen) atoms. The summed E-state index contributed by atoms with van der Waals surface area (Å²) in [5, 5.41) is 3.71. The van der Waals surface area contributed by atoms with E-state index in [0.717, 1.165) is 16.5 Å². The Hall–Kier alpha value is -3.34. The largest absolute Gasteiger partial charge is 0.462 e. The third-order valence-electron chi connectivity index (χ3n) is 3.73. The minimum atomic E-state index is -0.420. The second-order valence-electron chi connectivity index (χ2n) is 5.81. The quantitative estimate of drug-likeness (QED) is 0.541. The van der Waals surface area contributed by atoms with Crippen molar-refractivity contribution >= 4 is 34.6 Å². The van der Waals surface area contributed by atoms with Crippen LogP contribution in [0.15, 0.2) is 59.0 Å². The van der Waals surface area contributed by atoms with Crippen LogP contribution in [-0.4, -0.2) is 18.5 Å². The average Bonchev–Trinajstić information content (AvgIpc) is 3.02. The number of benzene rings is 2. The van der Waals surface area contributed by atoms with Crippen molar-refractivity contribution in [2.75, 3.05) is 11.9 Å². The van der Waals surface area contributed by atoms with Crippen molar-refractivity contribution in [1.82, 2.24) is 0 Å². The van der Waals surface area contributed by atoms with Gasteiger partial charge in [-0.15, -0.1) is 0 Å². The number of esters is 1. The van der Waals surface area contributed by atoms with Crippen LogP contribution in [0.25, 0.3) is 17.0 Å². The van der Waals surface area contributed by atoms with Gasteiger partial charge in [-0.2, -0.15) is 0 Å². The molecule has 0 unspecified atom stereocenters. The highest BCUT2D eigenvalue weighted by atomic mass is 16.5. The molecule has 5 nitrogen and oxygen atoms in total. The van der Waals surface area contributed by atoms with E-state index in [0.29, 0.717) is 23.6 Å². The van der Waals surface area contributed by atoms with Gasteiger partial charge in [-0.05, 0) is 56.3 Å². The van der Waals surface area contributed by atoms with Crippen LogP contribution in [0.5, 0.6) is 0 Å². The Kier molecular flexibility index (Phi) is 5.17. The van der Waals surface area contributed by atoms with Crippen molar-refractivity contribution in [2.45, 2.75) is 13.8 Å². The van der Waals surface area contributed by atoms with Crippen molar-refractivity contribution in [2.24, 2.45) is 0 Å². The minimum absolute atomic E-state index is 0.301. The monoisotopic (exact) mass is 349 g/mol. The normalized spacial score (nSPS) is 11.0. The van der Waals surface area contributed by atoms with Gasteiger partial charge in [0, 0.05) is 17.1 Å². The number of carbonyl (C=O) groups excluding carboxylic acids is 2. The van der Waals surface area contributed by atoms with E-state index in [-0.39, 0.29) is 5.91 Å². The molecule has 0 aliphatic heterocycles. The minimum Gasteiger partial charge on any atom is -0.462 e. The molecule has 0 saturated carbocycles.